The number of benzene rings is 2. The van der Waals surface area contributed by atoms with Crippen LogP contribution in [-0.2, 0) is 4.84 Å². The number of aliphatic hydroxyl groups excluding tert-OH is 1. The van der Waals surface area contributed by atoms with Crippen molar-refractivity contribution in [1.82, 2.24) is 5.48 Å². The van der Waals surface area contributed by atoms with E-state index in [0.29, 0.717) is 18.5 Å². The summed E-state index contributed by atoms with van der Waals surface area (Å²) in [4.78, 5) is 17.7. The van der Waals surface area contributed by atoms with Gasteiger partial charge >= 0.3 is 0 Å². The molecular formula is C19H20ClF2IN2O3. The lowest BCUT2D eigenvalue weighted by atomic mass is 10.1. The molecule has 1 atom stereocenters. The second-order valence-electron chi connectivity index (χ2n) is 6.22. The zero-order valence-electron chi connectivity index (χ0n) is 15.3. The molecule has 0 fully saturated rings. The van der Waals surface area contributed by atoms with E-state index in [1.807, 2.05) is 6.07 Å². The maximum atomic E-state index is 14.6. The molecule has 0 aliphatic carbocycles. The van der Waals surface area contributed by atoms with Gasteiger partial charge in [-0.3, -0.25) is 9.63 Å². The van der Waals surface area contributed by atoms with E-state index in [-0.39, 0.29) is 24.0 Å². The first-order chi connectivity index (χ1) is 13.2. The molecule has 0 bridgehead atoms. The second-order valence-corrected chi connectivity index (χ2v) is 7.87. The number of hydroxylamine groups is 1. The Morgan fingerprint density at radius 3 is 2.68 bits per heavy atom. The van der Waals surface area contributed by atoms with Crippen molar-refractivity contribution < 1.29 is 23.5 Å². The minimum absolute atomic E-state index is 0.00383. The zero-order chi connectivity index (χ0) is 20.8. The molecule has 2 rings (SSSR count). The van der Waals surface area contributed by atoms with E-state index in [9.17, 15) is 13.6 Å². The highest BCUT2D eigenvalue weighted by molar-refractivity contribution is 14.1. The summed E-state index contributed by atoms with van der Waals surface area (Å²) in [6, 6.07) is 6.41. The van der Waals surface area contributed by atoms with Crippen molar-refractivity contribution in [2.75, 3.05) is 11.9 Å². The van der Waals surface area contributed by atoms with Crippen LogP contribution in [-0.4, -0.2) is 23.7 Å². The Hall–Kier alpha value is -1.49. The molecule has 3 N–H and O–H groups in total. The van der Waals surface area contributed by atoms with Crippen molar-refractivity contribution in [3.63, 3.8) is 0 Å². The van der Waals surface area contributed by atoms with Crippen molar-refractivity contribution in [1.29, 1.82) is 0 Å². The maximum Gasteiger partial charge on any atom is 0.277 e. The van der Waals surface area contributed by atoms with E-state index in [2.05, 4.69) is 33.4 Å². The minimum atomic E-state index is -1.26. The third kappa shape index (κ3) is 5.76. The summed E-state index contributed by atoms with van der Waals surface area (Å²) in [7, 11) is 0. The van der Waals surface area contributed by atoms with Gasteiger partial charge < -0.3 is 10.4 Å². The molecule has 0 saturated carbocycles. The molecule has 0 aliphatic heterocycles. The second kappa shape index (κ2) is 10.3. The Kier molecular flexibility index (Phi) is 8.41. The molecule has 1 unspecified atom stereocenters. The molecule has 28 heavy (non-hydrogen) atoms. The smallest absolute Gasteiger partial charge is 0.277 e. The van der Waals surface area contributed by atoms with Gasteiger partial charge in [-0.2, -0.15) is 0 Å². The molecule has 1 amide bonds. The van der Waals surface area contributed by atoms with Gasteiger partial charge in [-0.25, -0.2) is 14.3 Å². The van der Waals surface area contributed by atoms with Gasteiger partial charge in [0.15, 0.2) is 11.6 Å². The van der Waals surface area contributed by atoms with E-state index < -0.39 is 22.6 Å². The first kappa shape index (κ1) is 22.8. The normalized spacial score (nSPS) is 12.0. The van der Waals surface area contributed by atoms with Crippen LogP contribution in [0.4, 0.5) is 20.2 Å². The molecule has 0 spiro atoms. The maximum absolute atomic E-state index is 14.6. The van der Waals surface area contributed by atoms with Crippen LogP contribution in [0.25, 0.3) is 0 Å². The largest absolute Gasteiger partial charge is 0.396 e. The fourth-order valence-corrected chi connectivity index (χ4v) is 3.28. The average Bonchev–Trinajstić information content (AvgIpc) is 2.66. The fraction of sp³-hybridized carbons (Fsp3) is 0.316. The lowest BCUT2D eigenvalue weighted by molar-refractivity contribution is -0.0131. The monoisotopic (exact) mass is 524 g/mol. The van der Waals surface area contributed by atoms with E-state index in [1.165, 1.54) is 0 Å². The molecule has 152 valence electrons. The van der Waals surface area contributed by atoms with Crippen LogP contribution in [0.3, 0.4) is 0 Å². The quantitative estimate of drug-likeness (QED) is 0.255. The molecule has 5 nitrogen and oxygen atoms in total. The molecule has 0 heterocycles. The molecule has 2 aromatic carbocycles. The van der Waals surface area contributed by atoms with Crippen LogP contribution in [0.1, 0.15) is 35.7 Å². The predicted molar refractivity (Wildman–Crippen MR) is 113 cm³/mol. The van der Waals surface area contributed by atoms with Crippen molar-refractivity contribution in [2.45, 2.75) is 32.8 Å². The molecular weight excluding hydrogens is 505 g/mol. The number of hydrogen-bond acceptors (Lipinski definition) is 4. The van der Waals surface area contributed by atoms with Gasteiger partial charge in [-0.1, -0.05) is 11.6 Å². The van der Waals surface area contributed by atoms with Crippen molar-refractivity contribution in [3.05, 3.63) is 55.6 Å². The van der Waals surface area contributed by atoms with E-state index in [4.69, 9.17) is 21.5 Å². The number of anilines is 2. The molecule has 0 aromatic heterocycles. The highest BCUT2D eigenvalue weighted by Gasteiger charge is 2.23. The zero-order valence-corrected chi connectivity index (χ0v) is 18.2. The number of hydrogen-bond donors (Lipinski definition) is 3. The summed E-state index contributed by atoms with van der Waals surface area (Å²) in [6.07, 6.45) is 0.654. The van der Waals surface area contributed by atoms with Gasteiger partial charge in [0.05, 0.1) is 22.4 Å². The minimum Gasteiger partial charge on any atom is -0.396 e. The van der Waals surface area contributed by atoms with Crippen LogP contribution < -0.4 is 10.8 Å². The van der Waals surface area contributed by atoms with Gasteiger partial charge in [0, 0.05) is 15.9 Å². The third-order valence-electron chi connectivity index (χ3n) is 3.98. The first-order valence-corrected chi connectivity index (χ1v) is 9.97. The van der Waals surface area contributed by atoms with E-state index >= 15 is 0 Å². The van der Waals surface area contributed by atoms with Crippen LogP contribution in [0, 0.1) is 22.1 Å². The number of rotatable bonds is 8. The van der Waals surface area contributed by atoms with E-state index in [1.54, 1.807) is 26.0 Å². The van der Waals surface area contributed by atoms with Gasteiger partial charge in [0.25, 0.3) is 5.91 Å². The Morgan fingerprint density at radius 1 is 1.32 bits per heavy atom. The molecule has 0 aliphatic rings. The summed E-state index contributed by atoms with van der Waals surface area (Å²) >= 11 is 7.87. The van der Waals surface area contributed by atoms with Crippen LogP contribution >= 0.6 is 34.2 Å². The number of nitrogens with one attached hydrogen (secondary N) is 2. The average molecular weight is 525 g/mol. The summed E-state index contributed by atoms with van der Waals surface area (Å²) in [5, 5.41) is 11.1. The number of amides is 1. The lowest BCUT2D eigenvalue weighted by Crippen LogP contribution is -2.29. The molecule has 9 heteroatoms. The number of carbonyl (C=O) groups excluding carboxylic acids is 1. The molecule has 2 aromatic rings. The Bertz CT molecular complexity index is 868. The number of halogens is 4. The Balaban J connectivity index is 2.31. The number of aryl methyl sites for hydroxylation is 1. The molecule has 0 saturated heterocycles. The predicted octanol–water partition coefficient (Wildman–Crippen LogP) is 5.10. The Labute approximate surface area is 180 Å². The van der Waals surface area contributed by atoms with Gasteiger partial charge in [-0.15, -0.1) is 0 Å². The topological polar surface area (TPSA) is 70.6 Å². The van der Waals surface area contributed by atoms with Crippen LogP contribution in [0.5, 0.6) is 0 Å². The fourth-order valence-electron chi connectivity index (χ4n) is 2.45. The summed E-state index contributed by atoms with van der Waals surface area (Å²) in [5.41, 5.74) is 3.00. The SMILES string of the molecule is Cc1cc(I)ccc1Nc1c(C(=O)NOC(C)CCCO)cc(Cl)c(F)c1F. The van der Waals surface area contributed by atoms with E-state index in [0.717, 1.165) is 15.2 Å². The number of carbonyl (C=O) groups is 1. The first-order valence-electron chi connectivity index (χ1n) is 8.52. The summed E-state index contributed by atoms with van der Waals surface area (Å²) in [5.74, 6) is -3.28. The third-order valence-corrected chi connectivity index (χ3v) is 4.92. The summed E-state index contributed by atoms with van der Waals surface area (Å²) < 4.78 is 29.6. The number of aliphatic hydroxyl groups is 1. The lowest BCUT2D eigenvalue weighted by Gasteiger charge is -2.17. The standard InChI is InChI=1S/C19H20ClF2IN2O3/c1-10-8-12(23)5-6-15(10)24-18-13(9-14(20)16(21)17(18)22)19(27)25-28-11(2)4-3-7-26/h5-6,8-9,11,24,26H,3-4,7H2,1-2H3,(H,25,27). The van der Waals surface area contributed by atoms with Gasteiger partial charge in [0.1, 0.15) is 0 Å². The highest BCUT2D eigenvalue weighted by Crippen LogP contribution is 2.32. The highest BCUT2D eigenvalue weighted by atomic mass is 127. The van der Waals surface area contributed by atoms with Crippen molar-refractivity contribution in [2.24, 2.45) is 0 Å². The van der Waals surface area contributed by atoms with Gasteiger partial charge in [0.2, 0.25) is 0 Å². The van der Waals surface area contributed by atoms with Crippen molar-refractivity contribution >= 4 is 51.5 Å². The van der Waals surface area contributed by atoms with Crippen LogP contribution in [0.2, 0.25) is 5.02 Å². The van der Waals surface area contributed by atoms with Crippen LogP contribution in [0.15, 0.2) is 24.3 Å². The van der Waals surface area contributed by atoms with Gasteiger partial charge in [-0.05, 0) is 79.1 Å². The Morgan fingerprint density at radius 2 is 2.04 bits per heavy atom. The van der Waals surface area contributed by atoms with Crippen molar-refractivity contribution in [3.8, 4) is 0 Å². The summed E-state index contributed by atoms with van der Waals surface area (Å²) in [6.45, 7) is 3.52. The molecule has 0 radical (unpaired) electrons.